The predicted octanol–water partition coefficient (Wildman–Crippen LogP) is 2.12. The molecule has 5 heteroatoms. The van der Waals surface area contributed by atoms with E-state index in [-0.39, 0.29) is 0 Å². The summed E-state index contributed by atoms with van der Waals surface area (Å²) in [5.74, 6) is 1.12. The Bertz CT molecular complexity index is 548. The maximum Gasteiger partial charge on any atom is 0.128 e. The standard InChI is InChI=1S/C14H19N5/c1-2-3-16-12-8-13(10-15-9-12)19-7-6-18-5-4-17-14(18)11-19/h4-5,8-10,16H,2-3,6-7,11H2,1H3. The number of aromatic nitrogens is 3. The minimum Gasteiger partial charge on any atom is -0.384 e. The number of anilines is 2. The molecule has 0 aromatic carbocycles. The van der Waals surface area contributed by atoms with E-state index in [9.17, 15) is 0 Å². The normalized spacial score (nSPS) is 14.3. The zero-order valence-corrected chi connectivity index (χ0v) is 11.2. The Morgan fingerprint density at radius 1 is 1.32 bits per heavy atom. The number of fused-ring (bicyclic) bond motifs is 1. The summed E-state index contributed by atoms with van der Waals surface area (Å²) in [6.45, 7) is 5.99. The van der Waals surface area contributed by atoms with Crippen molar-refractivity contribution < 1.29 is 0 Å². The monoisotopic (exact) mass is 257 g/mol. The molecule has 0 spiro atoms. The third kappa shape index (κ3) is 2.54. The molecule has 19 heavy (non-hydrogen) atoms. The van der Waals surface area contributed by atoms with Gasteiger partial charge in [-0.05, 0) is 12.5 Å². The topological polar surface area (TPSA) is 46.0 Å². The highest BCUT2D eigenvalue weighted by atomic mass is 15.2. The Hall–Kier alpha value is -2.04. The van der Waals surface area contributed by atoms with Gasteiger partial charge >= 0.3 is 0 Å². The summed E-state index contributed by atoms with van der Waals surface area (Å²) in [5.41, 5.74) is 2.25. The van der Waals surface area contributed by atoms with Gasteiger partial charge in [0, 0.05) is 32.0 Å². The van der Waals surface area contributed by atoms with Gasteiger partial charge in [0.15, 0.2) is 0 Å². The number of nitrogens with zero attached hydrogens (tertiary/aromatic N) is 4. The molecule has 0 saturated heterocycles. The zero-order valence-electron chi connectivity index (χ0n) is 11.2. The van der Waals surface area contributed by atoms with Gasteiger partial charge < -0.3 is 14.8 Å². The largest absolute Gasteiger partial charge is 0.384 e. The number of imidazole rings is 1. The van der Waals surface area contributed by atoms with Crippen molar-refractivity contribution in [3.63, 3.8) is 0 Å². The average Bonchev–Trinajstić information content (AvgIpc) is 2.92. The summed E-state index contributed by atoms with van der Waals surface area (Å²) in [5, 5.41) is 3.38. The van der Waals surface area contributed by atoms with Crippen molar-refractivity contribution in [2.24, 2.45) is 0 Å². The van der Waals surface area contributed by atoms with E-state index in [1.54, 1.807) is 0 Å². The van der Waals surface area contributed by atoms with Crippen molar-refractivity contribution in [3.05, 3.63) is 36.7 Å². The number of rotatable bonds is 4. The molecule has 0 bridgehead atoms. The molecule has 100 valence electrons. The fourth-order valence-corrected chi connectivity index (χ4v) is 2.36. The van der Waals surface area contributed by atoms with E-state index in [4.69, 9.17) is 0 Å². The van der Waals surface area contributed by atoms with Crippen molar-refractivity contribution >= 4 is 11.4 Å². The van der Waals surface area contributed by atoms with Gasteiger partial charge in [0.05, 0.1) is 30.3 Å². The second-order valence-electron chi connectivity index (χ2n) is 4.82. The highest BCUT2D eigenvalue weighted by molar-refractivity contribution is 5.55. The molecular weight excluding hydrogens is 238 g/mol. The Morgan fingerprint density at radius 3 is 3.16 bits per heavy atom. The molecule has 1 N–H and O–H groups in total. The van der Waals surface area contributed by atoms with Gasteiger partial charge in [-0.15, -0.1) is 0 Å². The van der Waals surface area contributed by atoms with Crippen LogP contribution in [0.2, 0.25) is 0 Å². The highest BCUT2D eigenvalue weighted by Crippen LogP contribution is 2.22. The number of hydrogen-bond acceptors (Lipinski definition) is 4. The van der Waals surface area contributed by atoms with Gasteiger partial charge in [-0.2, -0.15) is 0 Å². The number of nitrogens with one attached hydrogen (secondary N) is 1. The Labute approximate surface area is 113 Å². The molecule has 0 saturated carbocycles. The Balaban J connectivity index is 1.76. The molecule has 0 fully saturated rings. The lowest BCUT2D eigenvalue weighted by Gasteiger charge is -2.29. The molecule has 0 amide bonds. The fraction of sp³-hybridized carbons (Fsp3) is 0.429. The summed E-state index contributed by atoms with van der Waals surface area (Å²) in [6.07, 6.45) is 8.84. The zero-order chi connectivity index (χ0) is 13.1. The van der Waals surface area contributed by atoms with E-state index < -0.39 is 0 Å². The minimum absolute atomic E-state index is 0.853. The number of hydrogen-bond donors (Lipinski definition) is 1. The van der Waals surface area contributed by atoms with Gasteiger partial charge in [-0.3, -0.25) is 4.98 Å². The first-order valence-corrected chi connectivity index (χ1v) is 6.80. The fourth-order valence-electron chi connectivity index (χ4n) is 2.36. The summed E-state index contributed by atoms with van der Waals surface area (Å²) < 4.78 is 2.21. The predicted molar refractivity (Wildman–Crippen MR) is 76.3 cm³/mol. The lowest BCUT2D eigenvalue weighted by molar-refractivity contribution is 0.559. The summed E-state index contributed by atoms with van der Waals surface area (Å²) in [7, 11) is 0. The van der Waals surface area contributed by atoms with E-state index in [0.717, 1.165) is 49.8 Å². The van der Waals surface area contributed by atoms with Crippen molar-refractivity contribution in [1.29, 1.82) is 0 Å². The molecule has 0 atom stereocenters. The van der Waals surface area contributed by atoms with Crippen LogP contribution in [0.1, 0.15) is 19.2 Å². The van der Waals surface area contributed by atoms with Crippen molar-refractivity contribution in [1.82, 2.24) is 14.5 Å². The second kappa shape index (κ2) is 5.30. The van der Waals surface area contributed by atoms with Crippen LogP contribution in [0, 0.1) is 0 Å². The maximum absolute atomic E-state index is 4.39. The molecule has 0 radical (unpaired) electrons. The Kier molecular flexibility index (Phi) is 3.35. The molecule has 3 heterocycles. The molecule has 3 rings (SSSR count). The summed E-state index contributed by atoms with van der Waals surface area (Å²) in [6, 6.07) is 2.17. The molecule has 5 nitrogen and oxygen atoms in total. The Morgan fingerprint density at radius 2 is 2.26 bits per heavy atom. The molecule has 0 unspecified atom stereocenters. The van der Waals surface area contributed by atoms with E-state index in [1.807, 2.05) is 24.8 Å². The summed E-state index contributed by atoms with van der Waals surface area (Å²) in [4.78, 5) is 11.0. The SMILES string of the molecule is CCCNc1cncc(N2CCn3ccnc3C2)c1. The van der Waals surface area contributed by atoms with Gasteiger partial charge in [0.1, 0.15) is 5.82 Å². The van der Waals surface area contributed by atoms with Gasteiger partial charge in [0.25, 0.3) is 0 Å². The van der Waals surface area contributed by atoms with Gasteiger partial charge in [-0.25, -0.2) is 4.98 Å². The van der Waals surface area contributed by atoms with Crippen LogP contribution in [0.15, 0.2) is 30.9 Å². The maximum atomic E-state index is 4.39. The first kappa shape index (κ1) is 12.0. The van der Waals surface area contributed by atoms with E-state index in [2.05, 4.69) is 37.7 Å². The third-order valence-electron chi connectivity index (χ3n) is 3.41. The molecule has 1 aliphatic heterocycles. The quantitative estimate of drug-likeness (QED) is 0.911. The minimum atomic E-state index is 0.853. The van der Waals surface area contributed by atoms with Crippen LogP contribution in [0.25, 0.3) is 0 Å². The van der Waals surface area contributed by atoms with Crippen molar-refractivity contribution in [3.8, 4) is 0 Å². The van der Waals surface area contributed by atoms with Crippen molar-refractivity contribution in [2.45, 2.75) is 26.4 Å². The second-order valence-corrected chi connectivity index (χ2v) is 4.82. The van der Waals surface area contributed by atoms with Gasteiger partial charge in [0.2, 0.25) is 0 Å². The summed E-state index contributed by atoms with van der Waals surface area (Å²) >= 11 is 0. The van der Waals surface area contributed by atoms with Crippen LogP contribution in [0.5, 0.6) is 0 Å². The van der Waals surface area contributed by atoms with Gasteiger partial charge in [-0.1, -0.05) is 6.92 Å². The molecule has 2 aromatic heterocycles. The van der Waals surface area contributed by atoms with Crippen LogP contribution < -0.4 is 10.2 Å². The van der Waals surface area contributed by atoms with E-state index >= 15 is 0 Å². The average molecular weight is 257 g/mol. The van der Waals surface area contributed by atoms with E-state index in [1.165, 1.54) is 0 Å². The van der Waals surface area contributed by atoms with E-state index in [0.29, 0.717) is 0 Å². The van der Waals surface area contributed by atoms with Crippen LogP contribution in [-0.4, -0.2) is 27.6 Å². The highest BCUT2D eigenvalue weighted by Gasteiger charge is 2.17. The third-order valence-corrected chi connectivity index (χ3v) is 3.41. The molecule has 2 aromatic rings. The molecular formula is C14H19N5. The van der Waals surface area contributed by atoms with Crippen LogP contribution >= 0.6 is 0 Å². The van der Waals surface area contributed by atoms with Crippen LogP contribution in [0.3, 0.4) is 0 Å². The lowest BCUT2D eigenvalue weighted by atomic mass is 10.3. The lowest BCUT2D eigenvalue weighted by Crippen LogP contribution is -2.33. The van der Waals surface area contributed by atoms with Crippen LogP contribution in [0.4, 0.5) is 11.4 Å². The first-order valence-electron chi connectivity index (χ1n) is 6.80. The molecule has 0 aliphatic carbocycles. The first-order chi connectivity index (χ1) is 9.36. The van der Waals surface area contributed by atoms with Crippen LogP contribution in [-0.2, 0) is 13.1 Å². The smallest absolute Gasteiger partial charge is 0.128 e. The van der Waals surface area contributed by atoms with Crippen molar-refractivity contribution in [2.75, 3.05) is 23.3 Å². The number of pyridine rings is 1. The molecule has 1 aliphatic rings.